The third-order valence-corrected chi connectivity index (χ3v) is 3.33. The number of hydrogen-bond donors (Lipinski definition) is 1. The van der Waals surface area contributed by atoms with E-state index < -0.39 is 0 Å². The van der Waals surface area contributed by atoms with Crippen LogP contribution in [0.25, 0.3) is 0 Å². The number of benzene rings is 1. The van der Waals surface area contributed by atoms with Crippen molar-refractivity contribution < 1.29 is 4.74 Å². The highest BCUT2D eigenvalue weighted by Crippen LogP contribution is 2.19. The molecule has 0 radical (unpaired) electrons. The molecule has 0 aliphatic carbocycles. The van der Waals surface area contributed by atoms with Crippen molar-refractivity contribution in [1.82, 2.24) is 15.2 Å². The summed E-state index contributed by atoms with van der Waals surface area (Å²) in [6.45, 7) is 2.51. The normalized spacial score (nSPS) is 10.9. The van der Waals surface area contributed by atoms with Gasteiger partial charge in [-0.25, -0.2) is 0 Å². The summed E-state index contributed by atoms with van der Waals surface area (Å²) >= 11 is 0. The molecule has 0 fully saturated rings. The molecule has 0 bridgehead atoms. The van der Waals surface area contributed by atoms with E-state index in [0.29, 0.717) is 0 Å². The first-order valence-electron chi connectivity index (χ1n) is 7.11. The van der Waals surface area contributed by atoms with Crippen LogP contribution in [0.2, 0.25) is 0 Å². The van der Waals surface area contributed by atoms with Crippen LogP contribution in [-0.4, -0.2) is 31.1 Å². The highest BCUT2D eigenvalue weighted by atomic mass is 16.5. The average molecular weight is 285 g/mol. The summed E-state index contributed by atoms with van der Waals surface area (Å²) in [6, 6.07) is 12.3. The first-order chi connectivity index (χ1) is 10.2. The molecule has 1 aromatic carbocycles. The molecule has 4 heteroatoms. The molecule has 2 aromatic rings. The van der Waals surface area contributed by atoms with Gasteiger partial charge in [0.25, 0.3) is 0 Å². The molecule has 21 heavy (non-hydrogen) atoms. The highest BCUT2D eigenvalue weighted by Gasteiger charge is 2.07. The summed E-state index contributed by atoms with van der Waals surface area (Å²) in [4.78, 5) is 6.74. The molecule has 0 aliphatic rings. The fourth-order valence-electron chi connectivity index (χ4n) is 2.31. The van der Waals surface area contributed by atoms with Crippen LogP contribution in [0.1, 0.15) is 16.8 Å². The summed E-state index contributed by atoms with van der Waals surface area (Å²) in [6.07, 6.45) is 1.93. The minimum Gasteiger partial charge on any atom is -0.496 e. The smallest absolute Gasteiger partial charge is 0.123 e. The van der Waals surface area contributed by atoms with Crippen LogP contribution >= 0.6 is 0 Å². The highest BCUT2D eigenvalue weighted by molar-refractivity contribution is 5.33. The number of hydrogen-bond acceptors (Lipinski definition) is 4. The van der Waals surface area contributed by atoms with Crippen molar-refractivity contribution in [2.24, 2.45) is 0 Å². The van der Waals surface area contributed by atoms with Crippen molar-refractivity contribution in [3.63, 3.8) is 0 Å². The Bertz CT molecular complexity index is 554. The number of para-hydroxylation sites is 1. The first kappa shape index (κ1) is 15.5. The molecule has 1 N–H and O–H groups in total. The maximum Gasteiger partial charge on any atom is 0.123 e. The lowest BCUT2D eigenvalue weighted by Crippen LogP contribution is -2.18. The fourth-order valence-corrected chi connectivity index (χ4v) is 2.31. The van der Waals surface area contributed by atoms with Crippen LogP contribution in [0.3, 0.4) is 0 Å². The van der Waals surface area contributed by atoms with Crippen molar-refractivity contribution in [2.45, 2.75) is 19.6 Å². The second kappa shape index (κ2) is 7.76. The van der Waals surface area contributed by atoms with Crippen molar-refractivity contribution in [3.05, 3.63) is 59.4 Å². The van der Waals surface area contributed by atoms with Gasteiger partial charge < -0.3 is 10.1 Å². The van der Waals surface area contributed by atoms with E-state index in [-0.39, 0.29) is 0 Å². The van der Waals surface area contributed by atoms with E-state index >= 15 is 0 Å². The largest absolute Gasteiger partial charge is 0.496 e. The van der Waals surface area contributed by atoms with E-state index in [1.807, 2.05) is 31.4 Å². The second-order valence-corrected chi connectivity index (χ2v) is 5.17. The lowest BCUT2D eigenvalue weighted by Gasteiger charge is -2.18. The second-order valence-electron chi connectivity index (χ2n) is 5.17. The van der Waals surface area contributed by atoms with Gasteiger partial charge in [-0.05, 0) is 31.8 Å². The minimum atomic E-state index is 0.817. The molecule has 0 saturated carbocycles. The number of pyridine rings is 1. The van der Waals surface area contributed by atoms with Gasteiger partial charge in [0.1, 0.15) is 5.75 Å². The molecule has 0 saturated heterocycles. The van der Waals surface area contributed by atoms with Crippen LogP contribution < -0.4 is 10.1 Å². The Labute approximate surface area is 126 Å². The van der Waals surface area contributed by atoms with Crippen molar-refractivity contribution in [2.75, 3.05) is 21.2 Å². The molecule has 0 amide bonds. The standard InChI is InChI=1S/C17H23N3O/c1-18-10-14-8-9-16(19-11-14)13-20(2)12-15-6-4-5-7-17(15)21-3/h4-9,11,18H,10,12-13H2,1-3H3. The van der Waals surface area contributed by atoms with E-state index in [9.17, 15) is 0 Å². The molecule has 1 heterocycles. The fraction of sp³-hybridized carbons (Fsp3) is 0.353. The first-order valence-corrected chi connectivity index (χ1v) is 7.11. The molecule has 0 unspecified atom stereocenters. The Morgan fingerprint density at radius 1 is 1.14 bits per heavy atom. The predicted octanol–water partition coefficient (Wildman–Crippen LogP) is 2.44. The van der Waals surface area contributed by atoms with Gasteiger partial charge in [0, 0.05) is 31.4 Å². The molecule has 112 valence electrons. The third-order valence-electron chi connectivity index (χ3n) is 3.33. The zero-order valence-electron chi connectivity index (χ0n) is 13.0. The maximum absolute atomic E-state index is 5.39. The van der Waals surface area contributed by atoms with E-state index in [2.05, 4.69) is 40.4 Å². The number of ether oxygens (including phenoxy) is 1. The zero-order valence-corrected chi connectivity index (χ0v) is 13.0. The maximum atomic E-state index is 5.39. The van der Waals surface area contributed by atoms with Gasteiger partial charge in [-0.3, -0.25) is 9.88 Å². The van der Waals surface area contributed by atoms with Gasteiger partial charge >= 0.3 is 0 Å². The predicted molar refractivity (Wildman–Crippen MR) is 85.2 cm³/mol. The van der Waals surface area contributed by atoms with Crippen LogP contribution in [0.15, 0.2) is 42.6 Å². The van der Waals surface area contributed by atoms with Crippen molar-refractivity contribution in [3.8, 4) is 5.75 Å². The number of aromatic nitrogens is 1. The van der Waals surface area contributed by atoms with Crippen LogP contribution in [-0.2, 0) is 19.6 Å². The Morgan fingerprint density at radius 3 is 2.62 bits per heavy atom. The van der Waals surface area contributed by atoms with Gasteiger partial charge in [0.2, 0.25) is 0 Å². The van der Waals surface area contributed by atoms with Gasteiger partial charge in [0.05, 0.1) is 12.8 Å². The number of nitrogens with zero attached hydrogens (tertiary/aromatic N) is 2. The quantitative estimate of drug-likeness (QED) is 0.848. The Hall–Kier alpha value is -1.91. The molecule has 4 nitrogen and oxygen atoms in total. The SMILES string of the molecule is CNCc1ccc(CN(C)Cc2ccccc2OC)nc1. The van der Waals surface area contributed by atoms with Crippen molar-refractivity contribution >= 4 is 0 Å². The number of nitrogens with one attached hydrogen (secondary N) is 1. The summed E-state index contributed by atoms with van der Waals surface area (Å²) < 4.78 is 5.39. The summed E-state index contributed by atoms with van der Waals surface area (Å²) in [5.41, 5.74) is 3.47. The van der Waals surface area contributed by atoms with Crippen molar-refractivity contribution in [1.29, 1.82) is 0 Å². The monoisotopic (exact) mass is 285 g/mol. The molecule has 0 atom stereocenters. The molecule has 0 spiro atoms. The van der Waals surface area contributed by atoms with Gasteiger partial charge in [-0.2, -0.15) is 0 Å². The van der Waals surface area contributed by atoms with Gasteiger partial charge in [-0.15, -0.1) is 0 Å². The van der Waals surface area contributed by atoms with Crippen LogP contribution in [0.5, 0.6) is 5.75 Å². The van der Waals surface area contributed by atoms with E-state index in [1.165, 1.54) is 11.1 Å². The minimum absolute atomic E-state index is 0.817. The average Bonchev–Trinajstić information content (AvgIpc) is 2.50. The van der Waals surface area contributed by atoms with Gasteiger partial charge in [0.15, 0.2) is 0 Å². The van der Waals surface area contributed by atoms with Crippen LogP contribution in [0.4, 0.5) is 0 Å². The summed E-state index contributed by atoms with van der Waals surface area (Å²) in [7, 11) is 5.74. The summed E-state index contributed by atoms with van der Waals surface area (Å²) in [5, 5.41) is 3.13. The number of rotatable bonds is 7. The Morgan fingerprint density at radius 2 is 1.95 bits per heavy atom. The molecule has 1 aromatic heterocycles. The van der Waals surface area contributed by atoms with E-state index in [4.69, 9.17) is 4.74 Å². The zero-order chi connectivity index (χ0) is 15.1. The van der Waals surface area contributed by atoms with Gasteiger partial charge in [-0.1, -0.05) is 24.3 Å². The summed E-state index contributed by atoms with van der Waals surface area (Å²) in [5.74, 6) is 0.932. The molecule has 0 aliphatic heterocycles. The Kier molecular flexibility index (Phi) is 5.72. The lowest BCUT2D eigenvalue weighted by atomic mass is 10.2. The molecule has 2 rings (SSSR count). The van der Waals surface area contributed by atoms with E-state index in [0.717, 1.165) is 31.1 Å². The number of methoxy groups -OCH3 is 1. The van der Waals surface area contributed by atoms with E-state index in [1.54, 1.807) is 7.11 Å². The lowest BCUT2D eigenvalue weighted by molar-refractivity contribution is 0.306. The molecular formula is C17H23N3O. The topological polar surface area (TPSA) is 37.4 Å². The Balaban J connectivity index is 1.96. The third kappa shape index (κ3) is 4.55. The van der Waals surface area contributed by atoms with Crippen LogP contribution in [0, 0.1) is 0 Å². The molecular weight excluding hydrogens is 262 g/mol.